The molecule has 0 unspecified atom stereocenters. The molecule has 7 nitrogen and oxygen atoms in total. The highest BCUT2D eigenvalue weighted by molar-refractivity contribution is 6.46. The first-order valence-electron chi connectivity index (χ1n) is 11.1. The van der Waals surface area contributed by atoms with E-state index >= 15 is 0 Å². The second kappa shape index (κ2) is 10.5. The van der Waals surface area contributed by atoms with Crippen molar-refractivity contribution in [1.82, 2.24) is 9.80 Å². The Morgan fingerprint density at radius 3 is 2.42 bits per heavy atom. The summed E-state index contributed by atoms with van der Waals surface area (Å²) >= 11 is 0. The van der Waals surface area contributed by atoms with E-state index < -0.39 is 17.7 Å². The molecule has 0 saturated carbocycles. The summed E-state index contributed by atoms with van der Waals surface area (Å²) in [6, 6.07) is 15.5. The zero-order chi connectivity index (χ0) is 23.2. The molecule has 1 atom stereocenters. The van der Waals surface area contributed by atoms with Crippen molar-refractivity contribution in [1.29, 1.82) is 0 Å². The van der Waals surface area contributed by atoms with Crippen molar-refractivity contribution in [2.24, 2.45) is 0 Å². The van der Waals surface area contributed by atoms with Gasteiger partial charge in [-0.05, 0) is 29.8 Å². The number of hydrogen-bond donors (Lipinski definition) is 1. The quantitative estimate of drug-likeness (QED) is 0.290. The molecular weight excluding hydrogens is 420 g/mol. The summed E-state index contributed by atoms with van der Waals surface area (Å²) in [4.78, 5) is 29.9. The van der Waals surface area contributed by atoms with Gasteiger partial charge in [-0.2, -0.15) is 0 Å². The number of amides is 1. The molecule has 7 heteroatoms. The van der Waals surface area contributed by atoms with Crippen LogP contribution in [-0.2, 0) is 14.3 Å². The van der Waals surface area contributed by atoms with Crippen LogP contribution in [0.25, 0.3) is 5.76 Å². The average Bonchev–Trinajstić information content (AvgIpc) is 3.12. The molecule has 2 saturated heterocycles. The zero-order valence-electron chi connectivity index (χ0n) is 18.5. The van der Waals surface area contributed by atoms with E-state index in [9.17, 15) is 14.7 Å². The molecule has 0 aliphatic carbocycles. The fourth-order valence-electron chi connectivity index (χ4n) is 4.19. The third kappa shape index (κ3) is 4.99. The molecule has 2 aromatic carbocycles. The average molecular weight is 449 g/mol. The number of likely N-dealkylation sites (tertiary alicyclic amines) is 1. The molecule has 33 heavy (non-hydrogen) atoms. The van der Waals surface area contributed by atoms with Gasteiger partial charge in [0.15, 0.2) is 0 Å². The van der Waals surface area contributed by atoms with Crippen molar-refractivity contribution in [2.75, 3.05) is 46.0 Å². The first-order valence-corrected chi connectivity index (χ1v) is 11.1. The fraction of sp³-hybridized carbons (Fsp3) is 0.308. The predicted octanol–water partition coefficient (Wildman–Crippen LogP) is 3.01. The monoisotopic (exact) mass is 448 g/mol. The van der Waals surface area contributed by atoms with Crippen molar-refractivity contribution in [3.8, 4) is 5.75 Å². The number of ether oxygens (including phenoxy) is 2. The number of nitrogens with zero attached hydrogens (tertiary/aromatic N) is 2. The number of carbonyl (C=O) groups is 2. The second-order valence-electron chi connectivity index (χ2n) is 7.98. The van der Waals surface area contributed by atoms with Gasteiger partial charge in [-0.3, -0.25) is 14.5 Å². The van der Waals surface area contributed by atoms with Crippen LogP contribution in [0.4, 0.5) is 0 Å². The maximum Gasteiger partial charge on any atom is 0.295 e. The number of ketones is 1. The van der Waals surface area contributed by atoms with E-state index in [1.54, 1.807) is 35.2 Å². The van der Waals surface area contributed by atoms with Crippen LogP contribution in [0.1, 0.15) is 17.2 Å². The molecule has 1 N–H and O–H groups in total. The Labute approximate surface area is 193 Å². The van der Waals surface area contributed by atoms with Gasteiger partial charge < -0.3 is 19.5 Å². The Kier molecular flexibility index (Phi) is 7.22. The number of hydrogen-bond acceptors (Lipinski definition) is 6. The van der Waals surface area contributed by atoms with Gasteiger partial charge in [0.1, 0.15) is 18.1 Å². The lowest BCUT2D eigenvalue weighted by atomic mass is 9.95. The molecule has 1 amide bonds. The number of morpholine rings is 1. The number of rotatable bonds is 8. The van der Waals surface area contributed by atoms with Crippen molar-refractivity contribution < 1.29 is 24.2 Å². The van der Waals surface area contributed by atoms with Crippen LogP contribution in [0, 0.1) is 0 Å². The summed E-state index contributed by atoms with van der Waals surface area (Å²) in [5, 5.41) is 11.1. The smallest absolute Gasteiger partial charge is 0.295 e. The minimum Gasteiger partial charge on any atom is -0.507 e. The lowest BCUT2D eigenvalue weighted by molar-refractivity contribution is -0.140. The molecule has 0 bridgehead atoms. The van der Waals surface area contributed by atoms with E-state index in [1.807, 2.05) is 30.3 Å². The summed E-state index contributed by atoms with van der Waals surface area (Å²) in [7, 11) is 0. The number of benzene rings is 2. The van der Waals surface area contributed by atoms with Crippen LogP contribution >= 0.6 is 0 Å². The highest BCUT2D eigenvalue weighted by atomic mass is 16.5. The first-order chi connectivity index (χ1) is 16.1. The Hall–Kier alpha value is -3.42. The van der Waals surface area contributed by atoms with Crippen LogP contribution in [0.3, 0.4) is 0 Å². The topological polar surface area (TPSA) is 79.3 Å². The minimum atomic E-state index is -0.671. The van der Waals surface area contributed by atoms with E-state index in [1.165, 1.54) is 0 Å². The molecular formula is C26H28N2O5. The Balaban J connectivity index is 1.66. The first kappa shape index (κ1) is 22.8. The lowest BCUT2D eigenvalue weighted by Crippen LogP contribution is -2.42. The Morgan fingerprint density at radius 2 is 1.76 bits per heavy atom. The van der Waals surface area contributed by atoms with Crippen molar-refractivity contribution in [2.45, 2.75) is 6.04 Å². The van der Waals surface area contributed by atoms with Crippen LogP contribution in [0.15, 0.2) is 72.8 Å². The second-order valence-corrected chi connectivity index (χ2v) is 7.98. The van der Waals surface area contributed by atoms with Gasteiger partial charge in [0, 0.05) is 31.7 Å². The maximum absolute atomic E-state index is 13.1. The summed E-state index contributed by atoms with van der Waals surface area (Å²) < 4.78 is 10.9. The number of carbonyl (C=O) groups excluding carboxylic acids is 2. The van der Waals surface area contributed by atoms with Gasteiger partial charge in [-0.15, -0.1) is 0 Å². The van der Waals surface area contributed by atoms with Gasteiger partial charge in [-0.1, -0.05) is 43.0 Å². The lowest BCUT2D eigenvalue weighted by Gasteiger charge is -2.31. The van der Waals surface area contributed by atoms with E-state index in [-0.39, 0.29) is 11.3 Å². The minimum absolute atomic E-state index is 0.105. The SMILES string of the molecule is C=CCOc1ccc(/C(O)=C2\C(=O)C(=O)N(CCN3CCOCC3)[C@H]2c2ccccc2)cc1. The summed E-state index contributed by atoms with van der Waals surface area (Å²) in [6.45, 7) is 7.91. The van der Waals surface area contributed by atoms with E-state index in [0.29, 0.717) is 44.2 Å². The largest absolute Gasteiger partial charge is 0.507 e. The molecule has 172 valence electrons. The van der Waals surface area contributed by atoms with Crippen LogP contribution in [0.5, 0.6) is 5.75 Å². The maximum atomic E-state index is 13.1. The van der Waals surface area contributed by atoms with Crippen molar-refractivity contribution in [3.63, 3.8) is 0 Å². The molecule has 0 aromatic heterocycles. The van der Waals surface area contributed by atoms with Crippen LogP contribution in [-0.4, -0.2) is 72.6 Å². The van der Waals surface area contributed by atoms with Gasteiger partial charge in [0.25, 0.3) is 11.7 Å². The van der Waals surface area contributed by atoms with E-state index in [0.717, 1.165) is 18.7 Å². The summed E-state index contributed by atoms with van der Waals surface area (Å²) in [5.74, 6) is -0.830. The fourth-order valence-corrected chi connectivity index (χ4v) is 4.19. The molecule has 2 aliphatic heterocycles. The van der Waals surface area contributed by atoms with Gasteiger partial charge in [0.05, 0.1) is 24.8 Å². The number of Topliss-reactive ketones (excluding diaryl/α,β-unsaturated/α-hetero) is 1. The summed E-state index contributed by atoms with van der Waals surface area (Å²) in [5.41, 5.74) is 1.34. The molecule has 2 aromatic rings. The zero-order valence-corrected chi connectivity index (χ0v) is 18.5. The molecule has 2 fully saturated rings. The number of aliphatic hydroxyl groups excluding tert-OH is 1. The highest BCUT2D eigenvalue weighted by Crippen LogP contribution is 2.39. The third-order valence-corrected chi connectivity index (χ3v) is 5.91. The molecule has 2 heterocycles. The van der Waals surface area contributed by atoms with Crippen molar-refractivity contribution >= 4 is 17.4 Å². The number of aliphatic hydroxyl groups is 1. The normalized spacial score (nSPS) is 20.7. The van der Waals surface area contributed by atoms with E-state index in [2.05, 4.69) is 11.5 Å². The van der Waals surface area contributed by atoms with Gasteiger partial charge >= 0.3 is 0 Å². The van der Waals surface area contributed by atoms with Gasteiger partial charge in [0.2, 0.25) is 0 Å². The van der Waals surface area contributed by atoms with E-state index in [4.69, 9.17) is 9.47 Å². The standard InChI is InChI=1S/C26H28N2O5/c1-2-16-33-21-10-8-20(9-11-21)24(29)22-23(19-6-4-3-5-7-19)28(26(31)25(22)30)13-12-27-14-17-32-18-15-27/h2-11,23,29H,1,12-18H2/b24-22+/t23-/m0/s1. The van der Waals surface area contributed by atoms with Crippen LogP contribution < -0.4 is 4.74 Å². The molecule has 0 radical (unpaired) electrons. The third-order valence-electron chi connectivity index (χ3n) is 5.91. The summed E-state index contributed by atoms with van der Waals surface area (Å²) in [6.07, 6.45) is 1.64. The molecule has 4 rings (SSSR count). The molecule has 2 aliphatic rings. The highest BCUT2D eigenvalue weighted by Gasteiger charge is 2.45. The van der Waals surface area contributed by atoms with Crippen molar-refractivity contribution in [3.05, 3.63) is 84.0 Å². The Bertz CT molecular complexity index is 1030. The molecule has 0 spiro atoms. The Morgan fingerprint density at radius 1 is 1.06 bits per heavy atom. The van der Waals surface area contributed by atoms with Crippen LogP contribution in [0.2, 0.25) is 0 Å². The predicted molar refractivity (Wildman–Crippen MR) is 125 cm³/mol. The van der Waals surface area contributed by atoms with Gasteiger partial charge in [-0.25, -0.2) is 0 Å².